The zero-order valence-corrected chi connectivity index (χ0v) is 13.0. The van der Waals surface area contributed by atoms with Crippen LogP contribution < -0.4 is 0 Å². The molecule has 22 heavy (non-hydrogen) atoms. The van der Waals surface area contributed by atoms with Gasteiger partial charge in [-0.25, -0.2) is 4.98 Å². The van der Waals surface area contributed by atoms with Gasteiger partial charge in [0.2, 0.25) is 5.89 Å². The third-order valence-electron chi connectivity index (χ3n) is 3.24. The van der Waals surface area contributed by atoms with Crippen molar-refractivity contribution in [3.63, 3.8) is 0 Å². The van der Waals surface area contributed by atoms with Crippen molar-refractivity contribution in [3.05, 3.63) is 48.1 Å². The van der Waals surface area contributed by atoms with Crippen LogP contribution in [0.1, 0.15) is 18.0 Å². The molecule has 1 aromatic carbocycles. The fourth-order valence-corrected chi connectivity index (χ4v) is 2.37. The molecule has 3 rings (SSSR count). The van der Waals surface area contributed by atoms with E-state index in [4.69, 9.17) is 20.8 Å². The average molecular weight is 318 g/mol. The number of methoxy groups -OCH3 is 1. The molecule has 0 spiro atoms. The van der Waals surface area contributed by atoms with Crippen LogP contribution >= 0.6 is 11.6 Å². The number of halogens is 1. The number of aryl methyl sites for hydroxylation is 1. The second-order valence-corrected chi connectivity index (χ2v) is 5.21. The third-order valence-corrected chi connectivity index (χ3v) is 3.51. The largest absolute Gasteiger partial charge is 0.435 e. The summed E-state index contributed by atoms with van der Waals surface area (Å²) in [6.07, 6.45) is 4.44. The molecule has 0 aliphatic heterocycles. The summed E-state index contributed by atoms with van der Waals surface area (Å²) in [7, 11) is 1.69. The molecule has 0 amide bonds. The number of hydrogen-bond donors (Lipinski definition) is 0. The maximum absolute atomic E-state index is 6.34. The van der Waals surface area contributed by atoms with Crippen molar-refractivity contribution in [3.8, 4) is 0 Å². The highest BCUT2D eigenvalue weighted by Crippen LogP contribution is 2.25. The van der Waals surface area contributed by atoms with Crippen LogP contribution in [0, 0.1) is 0 Å². The van der Waals surface area contributed by atoms with Crippen molar-refractivity contribution in [2.75, 3.05) is 13.7 Å². The van der Waals surface area contributed by atoms with Gasteiger partial charge < -0.3 is 9.15 Å². The predicted octanol–water partition coefficient (Wildman–Crippen LogP) is 3.80. The van der Waals surface area contributed by atoms with Crippen molar-refractivity contribution in [1.82, 2.24) is 14.8 Å². The summed E-state index contributed by atoms with van der Waals surface area (Å²) in [5.74, 6) is 0.410. The molecular formula is C16H16ClN3O2. The minimum absolute atomic E-state index is 0.410. The van der Waals surface area contributed by atoms with Crippen LogP contribution in [0.3, 0.4) is 0 Å². The SMILES string of the molecule is COCCCn1nccc1C=C(Cl)c1nc2ccccc2o1. The van der Waals surface area contributed by atoms with Gasteiger partial charge in [0.1, 0.15) is 10.5 Å². The molecular weight excluding hydrogens is 302 g/mol. The van der Waals surface area contributed by atoms with Crippen molar-refractivity contribution >= 4 is 33.8 Å². The molecule has 0 saturated carbocycles. The quantitative estimate of drug-likeness (QED) is 0.649. The Labute approximate surface area is 133 Å². The molecule has 0 unspecified atom stereocenters. The van der Waals surface area contributed by atoms with Crippen LogP contribution in [0.2, 0.25) is 0 Å². The normalized spacial score (nSPS) is 12.2. The predicted molar refractivity (Wildman–Crippen MR) is 86.5 cm³/mol. The lowest BCUT2D eigenvalue weighted by molar-refractivity contribution is 0.189. The van der Waals surface area contributed by atoms with E-state index in [0.29, 0.717) is 17.5 Å². The number of benzene rings is 1. The number of rotatable bonds is 6. The summed E-state index contributed by atoms with van der Waals surface area (Å²) in [6.45, 7) is 1.46. The molecule has 0 aliphatic carbocycles. The van der Waals surface area contributed by atoms with Crippen LogP contribution in [0.25, 0.3) is 22.2 Å². The lowest BCUT2D eigenvalue weighted by atomic mass is 10.3. The van der Waals surface area contributed by atoms with E-state index in [-0.39, 0.29) is 0 Å². The van der Waals surface area contributed by atoms with Gasteiger partial charge in [-0.1, -0.05) is 23.7 Å². The van der Waals surface area contributed by atoms with Crippen LogP contribution in [0.4, 0.5) is 0 Å². The Balaban J connectivity index is 1.83. The van der Waals surface area contributed by atoms with Gasteiger partial charge in [-0.2, -0.15) is 5.10 Å². The summed E-state index contributed by atoms with van der Waals surface area (Å²) < 4.78 is 12.6. The van der Waals surface area contributed by atoms with Gasteiger partial charge in [-0.3, -0.25) is 4.68 Å². The zero-order chi connectivity index (χ0) is 15.4. The van der Waals surface area contributed by atoms with E-state index in [2.05, 4.69) is 10.1 Å². The van der Waals surface area contributed by atoms with Crippen LogP contribution in [0.15, 0.2) is 40.9 Å². The first-order chi connectivity index (χ1) is 10.8. The molecule has 0 bridgehead atoms. The molecule has 0 aliphatic rings. The molecule has 0 fully saturated rings. The first-order valence-electron chi connectivity index (χ1n) is 7.02. The van der Waals surface area contributed by atoms with Crippen molar-refractivity contribution in [2.45, 2.75) is 13.0 Å². The molecule has 0 atom stereocenters. The number of para-hydroxylation sites is 2. The second-order valence-electron chi connectivity index (χ2n) is 4.80. The third kappa shape index (κ3) is 3.21. The molecule has 0 N–H and O–H groups in total. The maximum Gasteiger partial charge on any atom is 0.239 e. The van der Waals surface area contributed by atoms with E-state index < -0.39 is 0 Å². The average Bonchev–Trinajstić information content (AvgIpc) is 3.14. The number of aromatic nitrogens is 3. The van der Waals surface area contributed by atoms with Crippen LogP contribution in [-0.2, 0) is 11.3 Å². The van der Waals surface area contributed by atoms with Crippen LogP contribution in [0.5, 0.6) is 0 Å². The zero-order valence-electron chi connectivity index (χ0n) is 12.2. The standard InChI is InChI=1S/C16H16ClN3O2/c1-21-10-4-9-20-12(7-8-18-20)11-13(17)16-19-14-5-2-3-6-15(14)22-16/h2-3,5-8,11H,4,9-10H2,1H3. The highest BCUT2D eigenvalue weighted by molar-refractivity contribution is 6.50. The minimum atomic E-state index is 0.410. The molecule has 0 radical (unpaired) electrons. The first kappa shape index (κ1) is 14.8. The van der Waals surface area contributed by atoms with Gasteiger partial charge >= 0.3 is 0 Å². The fourth-order valence-electron chi connectivity index (χ4n) is 2.18. The molecule has 3 aromatic rings. The highest BCUT2D eigenvalue weighted by Gasteiger charge is 2.10. The van der Waals surface area contributed by atoms with Gasteiger partial charge in [-0.05, 0) is 30.7 Å². The van der Waals surface area contributed by atoms with E-state index in [1.807, 2.05) is 41.1 Å². The number of hydrogen-bond acceptors (Lipinski definition) is 4. The smallest absolute Gasteiger partial charge is 0.239 e. The number of nitrogens with zero attached hydrogens (tertiary/aromatic N) is 3. The van der Waals surface area contributed by atoms with E-state index in [9.17, 15) is 0 Å². The van der Waals surface area contributed by atoms with E-state index >= 15 is 0 Å². The highest BCUT2D eigenvalue weighted by atomic mass is 35.5. The molecule has 6 heteroatoms. The van der Waals surface area contributed by atoms with Gasteiger partial charge in [0.25, 0.3) is 0 Å². The Morgan fingerprint density at radius 2 is 2.23 bits per heavy atom. The number of oxazole rings is 1. The number of ether oxygens (including phenoxy) is 1. The molecule has 2 heterocycles. The molecule has 0 saturated heterocycles. The van der Waals surface area contributed by atoms with Crippen molar-refractivity contribution in [1.29, 1.82) is 0 Å². The maximum atomic E-state index is 6.34. The van der Waals surface area contributed by atoms with Crippen molar-refractivity contribution < 1.29 is 9.15 Å². The van der Waals surface area contributed by atoms with E-state index in [0.717, 1.165) is 29.8 Å². The summed E-state index contributed by atoms with van der Waals surface area (Å²) in [5.41, 5.74) is 2.42. The van der Waals surface area contributed by atoms with Gasteiger partial charge in [-0.15, -0.1) is 0 Å². The second kappa shape index (κ2) is 6.77. The number of fused-ring (bicyclic) bond motifs is 1. The Morgan fingerprint density at radius 3 is 3.05 bits per heavy atom. The van der Waals surface area contributed by atoms with Gasteiger partial charge in [0, 0.05) is 26.5 Å². The molecule has 2 aromatic heterocycles. The summed E-state index contributed by atoms with van der Waals surface area (Å²) in [4.78, 5) is 4.38. The minimum Gasteiger partial charge on any atom is -0.435 e. The lowest BCUT2D eigenvalue weighted by Crippen LogP contribution is -2.04. The van der Waals surface area contributed by atoms with E-state index in [1.165, 1.54) is 0 Å². The lowest BCUT2D eigenvalue weighted by Gasteiger charge is -2.04. The Hall–Kier alpha value is -2.11. The van der Waals surface area contributed by atoms with Gasteiger partial charge in [0.15, 0.2) is 5.58 Å². The summed E-state index contributed by atoms with van der Waals surface area (Å²) in [6, 6.07) is 9.47. The van der Waals surface area contributed by atoms with Gasteiger partial charge in [0.05, 0.1) is 5.69 Å². The fraction of sp³-hybridized carbons (Fsp3) is 0.250. The topological polar surface area (TPSA) is 53.1 Å². The van der Waals surface area contributed by atoms with E-state index in [1.54, 1.807) is 13.3 Å². The summed E-state index contributed by atoms with van der Waals surface area (Å²) in [5, 5.41) is 4.73. The molecule has 114 valence electrons. The Bertz CT molecular complexity index is 758. The van der Waals surface area contributed by atoms with Crippen LogP contribution in [-0.4, -0.2) is 28.5 Å². The molecule has 5 nitrogen and oxygen atoms in total. The monoisotopic (exact) mass is 317 g/mol. The first-order valence-corrected chi connectivity index (χ1v) is 7.39. The van der Waals surface area contributed by atoms with Crippen molar-refractivity contribution in [2.24, 2.45) is 0 Å². The summed E-state index contributed by atoms with van der Waals surface area (Å²) >= 11 is 6.34. The Kier molecular flexibility index (Phi) is 4.56. The Morgan fingerprint density at radius 1 is 1.36 bits per heavy atom.